The van der Waals surface area contributed by atoms with E-state index in [1.165, 1.54) is 18.3 Å². The van der Waals surface area contributed by atoms with Crippen molar-refractivity contribution in [2.75, 3.05) is 0 Å². The quantitative estimate of drug-likeness (QED) is 0.195. The second-order valence-electron chi connectivity index (χ2n) is 12.1. The molecule has 0 spiro atoms. The number of hydrogen-bond acceptors (Lipinski definition) is 0. The molecule has 0 saturated carbocycles. The Bertz CT molecular complexity index is 1220. The fourth-order valence-electron chi connectivity index (χ4n) is 3.30. The average molecular weight is 831 g/mol. The second kappa shape index (κ2) is 13.0. The summed E-state index contributed by atoms with van der Waals surface area (Å²) in [5.74, 6) is -51.0. The van der Waals surface area contributed by atoms with Gasteiger partial charge >= 0.3 is 69.1 Å². The van der Waals surface area contributed by atoms with Crippen molar-refractivity contribution in [2.45, 2.75) is 100 Å². The van der Waals surface area contributed by atoms with Crippen LogP contribution in [0.1, 0.15) is 52.7 Å². The van der Waals surface area contributed by atoms with E-state index >= 15 is 0 Å². The topological polar surface area (TPSA) is 0 Å². The van der Waals surface area contributed by atoms with Crippen LogP contribution in [-0.4, -0.2) is 47.9 Å². The normalized spacial score (nSPS) is 14.9. The van der Waals surface area contributed by atoms with Gasteiger partial charge in [0.05, 0.1) is 0 Å². The van der Waals surface area contributed by atoms with Crippen LogP contribution >= 0.6 is 0 Å². The van der Waals surface area contributed by atoms with Crippen molar-refractivity contribution >= 4 is 0 Å². The van der Waals surface area contributed by atoms with Gasteiger partial charge in [0.25, 0.3) is 0 Å². The highest BCUT2D eigenvalue weighted by Crippen LogP contribution is 2.64. The largest absolute Gasteiger partial charge is 0.460 e. The van der Waals surface area contributed by atoms with E-state index in [-0.39, 0.29) is 32.0 Å². The second-order valence-corrected chi connectivity index (χ2v) is 15.1. The third-order valence-corrected chi connectivity index (χ3v) is 9.01. The van der Waals surface area contributed by atoms with Crippen LogP contribution in [0.5, 0.6) is 0 Å². The lowest BCUT2D eigenvalue weighted by Crippen LogP contribution is -3.61. The van der Waals surface area contributed by atoms with E-state index in [9.17, 15) is 79.0 Å². The zero-order chi connectivity index (χ0) is 37.7. The first kappa shape index (κ1) is 42.9. The minimum atomic E-state index is -8.72. The zero-order valence-electron chi connectivity index (χ0n) is 24.8. The van der Waals surface area contributed by atoms with Gasteiger partial charge < -0.3 is 0 Å². The molecular weight excluding hydrogens is 805 g/mol. The molecule has 0 saturated heterocycles. The van der Waals surface area contributed by atoms with Gasteiger partial charge in [-0.3, -0.25) is 0 Å². The minimum Gasteiger partial charge on any atom is -0.192 e. The van der Waals surface area contributed by atoms with Crippen molar-refractivity contribution in [1.29, 1.82) is 0 Å². The summed E-state index contributed by atoms with van der Waals surface area (Å²) in [4.78, 5) is 0. The van der Waals surface area contributed by atoms with Gasteiger partial charge in [0, 0.05) is 0 Å². The van der Waals surface area contributed by atoms with E-state index in [0.29, 0.717) is 0 Å². The molecule has 47 heavy (non-hydrogen) atoms. The van der Waals surface area contributed by atoms with Crippen molar-refractivity contribution in [1.82, 2.24) is 0 Å². The van der Waals surface area contributed by atoms with Gasteiger partial charge in [-0.1, -0.05) is 65.8 Å². The standard InChI is InChI=1S/C20H26I.C8F18/c1-19(2,3)15-7-11-17(12-8-15)21-18-13-9-16(10-14-18)20(4,5)6;9-1(10,3(13,14)5(17,18)7(21,22)23)2(11,12)4(15,16)6(19,20)8(24,25)26/h7-14H,1-6H3;/q+1;. The zero-order valence-corrected chi connectivity index (χ0v) is 27.0. The molecule has 0 bridgehead atoms. The van der Waals surface area contributed by atoms with Crippen molar-refractivity contribution in [3.05, 3.63) is 66.8 Å². The van der Waals surface area contributed by atoms with E-state index in [0.717, 1.165) is 0 Å². The Hall–Kier alpha value is -2.09. The summed E-state index contributed by atoms with van der Waals surface area (Å²) in [5, 5.41) is 0. The van der Waals surface area contributed by atoms with Crippen LogP contribution < -0.4 is 21.2 Å². The fourth-order valence-corrected chi connectivity index (χ4v) is 5.45. The van der Waals surface area contributed by atoms with Gasteiger partial charge in [-0.2, -0.15) is 79.0 Å². The molecule has 0 unspecified atom stereocenters. The first-order chi connectivity index (χ1) is 20.4. The van der Waals surface area contributed by atoms with Crippen molar-refractivity contribution < 1.29 is 100 Å². The summed E-state index contributed by atoms with van der Waals surface area (Å²) in [6, 6.07) is 18.4. The Labute approximate surface area is 267 Å². The number of halogens is 19. The molecule has 0 heterocycles. The van der Waals surface area contributed by atoms with Crippen LogP contribution in [-0.2, 0) is 10.8 Å². The Morgan fingerprint density at radius 3 is 0.681 bits per heavy atom. The first-order valence-electron chi connectivity index (χ1n) is 12.7. The van der Waals surface area contributed by atoms with Crippen molar-refractivity contribution in [2.24, 2.45) is 0 Å². The lowest BCUT2D eigenvalue weighted by atomic mass is 9.87. The first-order valence-corrected chi connectivity index (χ1v) is 14.8. The Balaban J connectivity index is 0.000000479. The van der Waals surface area contributed by atoms with Crippen LogP contribution in [0.3, 0.4) is 0 Å². The molecule has 0 N–H and O–H groups in total. The van der Waals surface area contributed by atoms with Gasteiger partial charge in [-0.05, 0) is 46.2 Å². The molecule has 0 aliphatic rings. The highest BCUT2D eigenvalue weighted by molar-refractivity contribution is 5.23. The molecule has 0 atom stereocenters. The fraction of sp³-hybridized carbons (Fsp3) is 0.571. The number of benzene rings is 2. The number of rotatable bonds is 7. The number of hydrogen-bond donors (Lipinski definition) is 0. The summed E-state index contributed by atoms with van der Waals surface area (Å²) >= 11 is -0.0703. The van der Waals surface area contributed by atoms with Crippen molar-refractivity contribution in [3.8, 4) is 0 Å². The summed E-state index contributed by atoms with van der Waals surface area (Å²) in [5.41, 5.74) is 3.31. The van der Waals surface area contributed by atoms with Gasteiger partial charge in [0.15, 0.2) is 7.14 Å². The van der Waals surface area contributed by atoms with E-state index in [1.807, 2.05) is 0 Å². The molecule has 2 aromatic rings. The lowest BCUT2D eigenvalue weighted by molar-refractivity contribution is -0.597. The molecule has 0 aliphatic carbocycles. The third-order valence-electron chi connectivity index (χ3n) is 6.32. The van der Waals surface area contributed by atoms with Crippen LogP contribution in [0.15, 0.2) is 48.5 Å². The van der Waals surface area contributed by atoms with Crippen LogP contribution in [0, 0.1) is 7.14 Å². The molecule has 2 rings (SSSR count). The van der Waals surface area contributed by atoms with Crippen LogP contribution in [0.4, 0.5) is 79.0 Å². The Kier molecular flexibility index (Phi) is 11.9. The summed E-state index contributed by atoms with van der Waals surface area (Å²) in [6.07, 6.45) is -15.6. The molecule has 0 nitrogen and oxygen atoms in total. The Morgan fingerprint density at radius 2 is 0.511 bits per heavy atom. The maximum Gasteiger partial charge on any atom is 0.460 e. The summed E-state index contributed by atoms with van der Waals surface area (Å²) in [6.45, 7) is 13.6. The van der Waals surface area contributed by atoms with E-state index in [1.54, 1.807) is 0 Å². The van der Waals surface area contributed by atoms with Crippen molar-refractivity contribution in [3.63, 3.8) is 0 Å². The molecule has 2 aromatic carbocycles. The van der Waals surface area contributed by atoms with Gasteiger partial charge in [0.2, 0.25) is 0 Å². The molecule has 0 aliphatic heterocycles. The third kappa shape index (κ3) is 8.21. The minimum absolute atomic E-state index is 0.0703. The molecule has 19 heteroatoms. The van der Waals surface area contributed by atoms with Gasteiger partial charge in [-0.25, -0.2) is 0 Å². The highest BCUT2D eigenvalue weighted by atomic mass is 127. The molecule has 0 amide bonds. The maximum atomic E-state index is 12.8. The SMILES string of the molecule is CC(C)(C)c1ccc([I+]c2ccc(C(C)(C)C)cc2)cc1.FC(F)(F)C(F)(F)C(F)(F)C(F)(F)C(F)(F)C(F)(F)C(F)(F)C(F)(F)F. The molecule has 0 aromatic heterocycles. The number of alkyl halides is 18. The van der Waals surface area contributed by atoms with Gasteiger partial charge in [0.1, 0.15) is 0 Å². The highest BCUT2D eigenvalue weighted by Gasteiger charge is 2.95. The summed E-state index contributed by atoms with van der Waals surface area (Å²) in [7, 11) is 0. The Morgan fingerprint density at radius 1 is 0.319 bits per heavy atom. The predicted molar refractivity (Wildman–Crippen MR) is 129 cm³/mol. The molecular formula is C28H26F18I+. The lowest BCUT2D eigenvalue weighted by Gasteiger charge is -2.41. The van der Waals surface area contributed by atoms with E-state index < -0.39 is 47.9 Å². The monoisotopic (exact) mass is 831 g/mol. The van der Waals surface area contributed by atoms with Gasteiger partial charge in [-0.15, -0.1) is 0 Å². The summed E-state index contributed by atoms with van der Waals surface area (Å²) < 4.78 is 224. The van der Waals surface area contributed by atoms with Crippen LogP contribution in [0.2, 0.25) is 0 Å². The van der Waals surface area contributed by atoms with Crippen LogP contribution in [0.25, 0.3) is 0 Å². The average Bonchev–Trinajstić information content (AvgIpc) is 2.86. The molecule has 270 valence electrons. The maximum absolute atomic E-state index is 12.8. The smallest absolute Gasteiger partial charge is 0.192 e. The molecule has 0 radical (unpaired) electrons. The van der Waals surface area contributed by atoms with E-state index in [2.05, 4.69) is 90.1 Å². The predicted octanol–water partition coefficient (Wildman–Crippen LogP) is 8.33. The van der Waals surface area contributed by atoms with E-state index in [4.69, 9.17) is 0 Å². The molecule has 0 fully saturated rings.